The van der Waals surface area contributed by atoms with Crippen LogP contribution in [0.25, 0.3) is 0 Å². The molecule has 3 unspecified atom stereocenters. The molecule has 2 fully saturated rings. The molecule has 118 valence electrons. The maximum absolute atomic E-state index is 10.3. The maximum atomic E-state index is 10.3. The second-order valence-electron chi connectivity index (χ2n) is 8.03. The molecule has 1 saturated heterocycles. The Morgan fingerprint density at radius 1 is 0.900 bits per heavy atom. The first-order valence-corrected chi connectivity index (χ1v) is 8.87. The van der Waals surface area contributed by atoms with Crippen molar-refractivity contribution in [2.75, 3.05) is 19.6 Å². The summed E-state index contributed by atoms with van der Waals surface area (Å²) in [6.45, 7) is 13.0. The normalized spacial score (nSPS) is 34.0. The molecule has 0 aromatic carbocycles. The molecule has 3 atom stereocenters. The minimum atomic E-state index is -0.0483. The molecule has 2 heteroatoms. The summed E-state index contributed by atoms with van der Waals surface area (Å²) < 4.78 is 0. The maximum Gasteiger partial charge on any atom is 0.0580 e. The van der Waals surface area contributed by atoms with Crippen LogP contribution in [0, 0.1) is 29.6 Å². The van der Waals surface area contributed by atoms with Crippen LogP contribution < -0.4 is 0 Å². The molecule has 0 bridgehead atoms. The molecule has 1 saturated carbocycles. The van der Waals surface area contributed by atoms with Crippen molar-refractivity contribution in [1.82, 2.24) is 4.90 Å². The highest BCUT2D eigenvalue weighted by Crippen LogP contribution is 2.35. The van der Waals surface area contributed by atoms with Crippen molar-refractivity contribution in [2.45, 2.75) is 65.9 Å². The molecule has 0 spiro atoms. The average Bonchev–Trinajstić information content (AvgIpc) is 2.41. The second-order valence-corrected chi connectivity index (χ2v) is 8.03. The lowest BCUT2D eigenvalue weighted by atomic mass is 9.74. The van der Waals surface area contributed by atoms with E-state index >= 15 is 0 Å². The third-order valence-corrected chi connectivity index (χ3v) is 5.99. The van der Waals surface area contributed by atoms with Gasteiger partial charge in [-0.1, -0.05) is 27.7 Å². The van der Waals surface area contributed by atoms with Crippen LogP contribution in [0.4, 0.5) is 0 Å². The number of hydrogen-bond donors (Lipinski definition) is 1. The molecule has 1 heterocycles. The van der Waals surface area contributed by atoms with Gasteiger partial charge in [-0.2, -0.15) is 0 Å². The van der Waals surface area contributed by atoms with Crippen molar-refractivity contribution in [3.05, 3.63) is 0 Å². The van der Waals surface area contributed by atoms with Gasteiger partial charge in [0.1, 0.15) is 0 Å². The van der Waals surface area contributed by atoms with Crippen LogP contribution in [0.2, 0.25) is 0 Å². The van der Waals surface area contributed by atoms with Gasteiger partial charge in [0.25, 0.3) is 0 Å². The monoisotopic (exact) mass is 281 g/mol. The lowest BCUT2D eigenvalue weighted by Gasteiger charge is -2.40. The predicted molar refractivity (Wildman–Crippen MR) is 85.7 cm³/mol. The van der Waals surface area contributed by atoms with Crippen LogP contribution in [0.15, 0.2) is 0 Å². The van der Waals surface area contributed by atoms with E-state index in [0.29, 0.717) is 5.92 Å². The molecule has 0 amide bonds. The Morgan fingerprint density at radius 2 is 1.50 bits per heavy atom. The van der Waals surface area contributed by atoms with E-state index in [1.54, 1.807) is 0 Å². The van der Waals surface area contributed by atoms with Crippen molar-refractivity contribution < 1.29 is 5.11 Å². The summed E-state index contributed by atoms with van der Waals surface area (Å²) in [5.74, 6) is 3.88. The summed E-state index contributed by atoms with van der Waals surface area (Å²) in [5.41, 5.74) is 0. The predicted octanol–water partition coefficient (Wildman–Crippen LogP) is 3.79. The highest BCUT2D eigenvalue weighted by atomic mass is 16.3. The Balaban J connectivity index is 1.80. The highest BCUT2D eigenvalue weighted by Gasteiger charge is 2.32. The molecule has 2 rings (SSSR count). The van der Waals surface area contributed by atoms with Crippen molar-refractivity contribution in [3.8, 4) is 0 Å². The zero-order chi connectivity index (χ0) is 14.7. The van der Waals surface area contributed by atoms with Crippen molar-refractivity contribution in [1.29, 1.82) is 0 Å². The number of nitrogens with zero attached hydrogens (tertiary/aromatic N) is 1. The van der Waals surface area contributed by atoms with E-state index in [1.807, 2.05) is 0 Å². The molecule has 0 radical (unpaired) electrons. The van der Waals surface area contributed by atoms with Gasteiger partial charge in [0, 0.05) is 6.54 Å². The van der Waals surface area contributed by atoms with Gasteiger partial charge in [-0.05, 0) is 74.8 Å². The van der Waals surface area contributed by atoms with Gasteiger partial charge < -0.3 is 10.0 Å². The fourth-order valence-corrected chi connectivity index (χ4v) is 4.22. The Hall–Kier alpha value is -0.0800. The zero-order valence-electron chi connectivity index (χ0n) is 14.0. The number of likely N-dealkylation sites (tertiary alicyclic amines) is 1. The highest BCUT2D eigenvalue weighted by molar-refractivity contribution is 4.84. The van der Waals surface area contributed by atoms with Crippen LogP contribution in [0.3, 0.4) is 0 Å². The fraction of sp³-hybridized carbons (Fsp3) is 1.00. The zero-order valence-corrected chi connectivity index (χ0v) is 14.0. The summed E-state index contributed by atoms with van der Waals surface area (Å²) in [4.78, 5) is 2.62. The Bertz CT molecular complexity index is 281. The van der Waals surface area contributed by atoms with E-state index < -0.39 is 0 Å². The SMILES string of the molecule is CC(C)C1CCN(CC2CC(C(C)C)CCC2O)CC1. The molecule has 2 aliphatic rings. The molecule has 0 aromatic rings. The van der Waals surface area contributed by atoms with Crippen molar-refractivity contribution in [3.63, 3.8) is 0 Å². The van der Waals surface area contributed by atoms with E-state index in [1.165, 1.54) is 38.8 Å². The molecule has 20 heavy (non-hydrogen) atoms. The third-order valence-electron chi connectivity index (χ3n) is 5.99. The first-order valence-electron chi connectivity index (χ1n) is 8.87. The van der Waals surface area contributed by atoms with Gasteiger partial charge in [-0.3, -0.25) is 0 Å². The summed E-state index contributed by atoms with van der Waals surface area (Å²) in [6, 6.07) is 0. The van der Waals surface area contributed by atoms with E-state index in [4.69, 9.17) is 0 Å². The van der Waals surface area contributed by atoms with Gasteiger partial charge in [0.05, 0.1) is 6.10 Å². The van der Waals surface area contributed by atoms with Gasteiger partial charge >= 0.3 is 0 Å². The van der Waals surface area contributed by atoms with Gasteiger partial charge in [-0.15, -0.1) is 0 Å². The molecule has 1 aliphatic carbocycles. The number of hydrogen-bond acceptors (Lipinski definition) is 2. The van der Waals surface area contributed by atoms with Gasteiger partial charge in [0.2, 0.25) is 0 Å². The number of rotatable bonds is 4. The van der Waals surface area contributed by atoms with E-state index in [-0.39, 0.29) is 6.10 Å². The number of piperidine rings is 1. The largest absolute Gasteiger partial charge is 0.393 e. The number of aliphatic hydroxyl groups is 1. The average molecular weight is 281 g/mol. The first-order chi connectivity index (χ1) is 9.47. The first kappa shape index (κ1) is 16.3. The minimum Gasteiger partial charge on any atom is -0.393 e. The third kappa shape index (κ3) is 4.21. The van der Waals surface area contributed by atoms with Crippen LogP contribution in [0.1, 0.15) is 59.8 Å². The molecule has 2 nitrogen and oxygen atoms in total. The van der Waals surface area contributed by atoms with Crippen LogP contribution in [-0.2, 0) is 0 Å². The fourth-order valence-electron chi connectivity index (χ4n) is 4.22. The van der Waals surface area contributed by atoms with Gasteiger partial charge in [-0.25, -0.2) is 0 Å². The smallest absolute Gasteiger partial charge is 0.0580 e. The molecule has 1 aliphatic heterocycles. The Kier molecular flexibility index (Phi) is 5.92. The lowest BCUT2D eigenvalue weighted by Crippen LogP contribution is -2.43. The van der Waals surface area contributed by atoms with Crippen LogP contribution >= 0.6 is 0 Å². The topological polar surface area (TPSA) is 23.5 Å². The van der Waals surface area contributed by atoms with Crippen molar-refractivity contribution >= 4 is 0 Å². The van der Waals surface area contributed by atoms with Crippen LogP contribution in [-0.4, -0.2) is 35.7 Å². The summed E-state index contributed by atoms with van der Waals surface area (Å²) in [5, 5.41) is 10.3. The Labute approximate surface area is 125 Å². The molecular weight excluding hydrogens is 246 g/mol. The standard InChI is InChI=1S/C18H35NO/c1-13(2)15-7-9-19(10-8-15)12-17-11-16(14(3)4)5-6-18(17)20/h13-18,20H,5-12H2,1-4H3. The van der Waals surface area contributed by atoms with E-state index in [0.717, 1.165) is 36.6 Å². The lowest BCUT2D eigenvalue weighted by molar-refractivity contribution is 0.0112. The minimum absolute atomic E-state index is 0.0483. The van der Waals surface area contributed by atoms with Gasteiger partial charge in [0.15, 0.2) is 0 Å². The molecular formula is C18H35NO. The van der Waals surface area contributed by atoms with Crippen molar-refractivity contribution in [2.24, 2.45) is 29.6 Å². The Morgan fingerprint density at radius 3 is 2.05 bits per heavy atom. The van der Waals surface area contributed by atoms with E-state index in [9.17, 15) is 5.11 Å². The number of aliphatic hydroxyl groups excluding tert-OH is 1. The van der Waals surface area contributed by atoms with E-state index in [2.05, 4.69) is 32.6 Å². The quantitative estimate of drug-likeness (QED) is 0.847. The summed E-state index contributed by atoms with van der Waals surface area (Å²) in [7, 11) is 0. The van der Waals surface area contributed by atoms with Crippen LogP contribution in [0.5, 0.6) is 0 Å². The summed E-state index contributed by atoms with van der Waals surface area (Å²) >= 11 is 0. The second kappa shape index (κ2) is 7.26. The summed E-state index contributed by atoms with van der Waals surface area (Å²) in [6.07, 6.45) is 6.15. The molecule has 0 aromatic heterocycles. The molecule has 1 N–H and O–H groups in total.